The van der Waals surface area contributed by atoms with Gasteiger partial charge < -0.3 is 15.8 Å². The minimum Gasteiger partial charge on any atom is -0.491 e. The summed E-state index contributed by atoms with van der Waals surface area (Å²) in [6.07, 6.45) is 1.18. The molecule has 0 aromatic heterocycles. The molecule has 0 heterocycles. The number of benzene rings is 2. The Morgan fingerprint density at radius 2 is 1.87 bits per heavy atom. The Morgan fingerprint density at radius 1 is 1.13 bits per heavy atom. The van der Waals surface area contributed by atoms with Crippen molar-refractivity contribution >= 4 is 11.6 Å². The van der Waals surface area contributed by atoms with E-state index in [2.05, 4.69) is 29.4 Å². The molecule has 0 radical (unpaired) electrons. The predicted octanol–water partition coefficient (Wildman–Crippen LogP) is 3.96. The third-order valence-electron chi connectivity index (χ3n) is 3.33. The van der Waals surface area contributed by atoms with Gasteiger partial charge in [-0.2, -0.15) is 0 Å². The van der Waals surface area contributed by atoms with Crippen LogP contribution >= 0.6 is 0 Å². The molecule has 4 nitrogen and oxygen atoms in total. The Bertz CT molecular complexity index is 648. The predicted molar refractivity (Wildman–Crippen MR) is 97.0 cm³/mol. The number of nitrogens with two attached hydrogens (primary N) is 1. The van der Waals surface area contributed by atoms with Gasteiger partial charge in [0.2, 0.25) is 0 Å². The van der Waals surface area contributed by atoms with Gasteiger partial charge in [0.15, 0.2) is 5.96 Å². The van der Waals surface area contributed by atoms with Crippen molar-refractivity contribution in [2.75, 3.05) is 5.32 Å². The third-order valence-corrected chi connectivity index (χ3v) is 3.33. The maximum Gasteiger partial charge on any atom is 0.193 e. The molecular formula is C19H25N3O. The second-order valence-electron chi connectivity index (χ2n) is 5.69. The first-order valence-corrected chi connectivity index (χ1v) is 7.98. The van der Waals surface area contributed by atoms with E-state index < -0.39 is 0 Å². The molecule has 0 saturated carbocycles. The van der Waals surface area contributed by atoms with E-state index in [1.165, 1.54) is 5.56 Å². The van der Waals surface area contributed by atoms with Crippen LogP contribution in [0.25, 0.3) is 0 Å². The molecule has 3 N–H and O–H groups in total. The van der Waals surface area contributed by atoms with E-state index in [9.17, 15) is 0 Å². The van der Waals surface area contributed by atoms with Gasteiger partial charge in [-0.3, -0.25) is 0 Å². The van der Waals surface area contributed by atoms with Crippen molar-refractivity contribution in [3.8, 4) is 5.75 Å². The SMILES string of the molecule is CCc1cccc(NC(N)=NCc2ccc(OC(C)C)cc2)c1. The van der Waals surface area contributed by atoms with Gasteiger partial charge in [-0.05, 0) is 55.7 Å². The van der Waals surface area contributed by atoms with Gasteiger partial charge in [-0.15, -0.1) is 0 Å². The molecule has 0 amide bonds. The van der Waals surface area contributed by atoms with Crippen LogP contribution in [0.3, 0.4) is 0 Å². The highest BCUT2D eigenvalue weighted by Crippen LogP contribution is 2.15. The zero-order chi connectivity index (χ0) is 16.7. The van der Waals surface area contributed by atoms with Crippen molar-refractivity contribution < 1.29 is 4.74 Å². The number of nitrogens with zero attached hydrogens (tertiary/aromatic N) is 1. The lowest BCUT2D eigenvalue weighted by molar-refractivity contribution is 0.242. The fourth-order valence-electron chi connectivity index (χ4n) is 2.18. The van der Waals surface area contributed by atoms with E-state index >= 15 is 0 Å². The Labute approximate surface area is 138 Å². The third kappa shape index (κ3) is 5.66. The zero-order valence-corrected chi connectivity index (χ0v) is 14.0. The van der Waals surface area contributed by atoms with Crippen LogP contribution in [0, 0.1) is 0 Å². The first-order valence-electron chi connectivity index (χ1n) is 7.98. The number of aryl methyl sites for hydroxylation is 1. The molecule has 0 aliphatic heterocycles. The largest absolute Gasteiger partial charge is 0.491 e. The number of hydrogen-bond acceptors (Lipinski definition) is 2. The zero-order valence-electron chi connectivity index (χ0n) is 14.0. The molecule has 0 atom stereocenters. The van der Waals surface area contributed by atoms with Crippen molar-refractivity contribution in [1.82, 2.24) is 0 Å². The highest BCUT2D eigenvalue weighted by molar-refractivity contribution is 5.92. The molecule has 0 aliphatic rings. The highest BCUT2D eigenvalue weighted by atomic mass is 16.5. The van der Waals surface area contributed by atoms with E-state index in [0.717, 1.165) is 23.4 Å². The Morgan fingerprint density at radius 3 is 2.52 bits per heavy atom. The quantitative estimate of drug-likeness (QED) is 0.627. The molecule has 0 aliphatic carbocycles. The van der Waals surface area contributed by atoms with Gasteiger partial charge >= 0.3 is 0 Å². The summed E-state index contributed by atoms with van der Waals surface area (Å²) in [6, 6.07) is 16.1. The van der Waals surface area contributed by atoms with Crippen LogP contribution in [0.4, 0.5) is 5.69 Å². The molecule has 0 spiro atoms. The topological polar surface area (TPSA) is 59.6 Å². The standard InChI is InChI=1S/C19H25N3O/c1-4-15-6-5-7-17(12-15)22-19(20)21-13-16-8-10-18(11-9-16)23-14(2)3/h5-12,14H,4,13H2,1-3H3,(H3,20,21,22). The number of guanidine groups is 1. The summed E-state index contributed by atoms with van der Waals surface area (Å²) in [5.74, 6) is 1.29. The highest BCUT2D eigenvalue weighted by Gasteiger charge is 1.99. The Hall–Kier alpha value is -2.49. The van der Waals surface area contributed by atoms with Gasteiger partial charge in [0.1, 0.15) is 5.75 Å². The van der Waals surface area contributed by atoms with E-state index in [1.54, 1.807) is 0 Å². The van der Waals surface area contributed by atoms with Gasteiger partial charge in [-0.1, -0.05) is 31.2 Å². The number of nitrogens with one attached hydrogen (secondary N) is 1. The summed E-state index contributed by atoms with van der Waals surface area (Å²) in [6.45, 7) is 6.69. The van der Waals surface area contributed by atoms with Crippen molar-refractivity contribution in [3.05, 3.63) is 59.7 Å². The molecular weight excluding hydrogens is 286 g/mol. The maximum atomic E-state index is 5.96. The minimum absolute atomic E-state index is 0.178. The summed E-state index contributed by atoms with van der Waals surface area (Å²) in [5, 5.41) is 3.13. The van der Waals surface area contributed by atoms with E-state index in [1.807, 2.05) is 50.2 Å². The molecule has 0 saturated heterocycles. The van der Waals surface area contributed by atoms with E-state index in [-0.39, 0.29) is 6.10 Å². The molecule has 23 heavy (non-hydrogen) atoms. The normalized spacial score (nSPS) is 11.6. The summed E-state index contributed by atoms with van der Waals surface area (Å²) >= 11 is 0. The molecule has 0 bridgehead atoms. The number of anilines is 1. The molecule has 122 valence electrons. The number of hydrogen-bond donors (Lipinski definition) is 2. The molecule has 2 rings (SSSR count). The lowest BCUT2D eigenvalue weighted by atomic mass is 10.1. The fraction of sp³-hybridized carbons (Fsp3) is 0.316. The smallest absolute Gasteiger partial charge is 0.193 e. The molecule has 2 aromatic rings. The lowest BCUT2D eigenvalue weighted by Gasteiger charge is -2.10. The van der Waals surface area contributed by atoms with Crippen LogP contribution in [0.5, 0.6) is 5.75 Å². The molecule has 4 heteroatoms. The molecule has 0 fully saturated rings. The van der Waals surface area contributed by atoms with E-state index in [0.29, 0.717) is 12.5 Å². The summed E-state index contributed by atoms with van der Waals surface area (Å²) in [4.78, 5) is 4.38. The first kappa shape index (κ1) is 16.9. The van der Waals surface area contributed by atoms with Crippen LogP contribution < -0.4 is 15.8 Å². The van der Waals surface area contributed by atoms with Crippen molar-refractivity contribution in [3.63, 3.8) is 0 Å². The Balaban J connectivity index is 1.93. The monoisotopic (exact) mass is 311 g/mol. The summed E-state index contributed by atoms with van der Waals surface area (Å²) < 4.78 is 5.62. The summed E-state index contributed by atoms with van der Waals surface area (Å²) in [5.41, 5.74) is 9.28. The number of ether oxygens (including phenoxy) is 1. The average Bonchev–Trinajstić information content (AvgIpc) is 2.54. The maximum absolute atomic E-state index is 5.96. The van der Waals surface area contributed by atoms with Gasteiger partial charge in [0.25, 0.3) is 0 Å². The average molecular weight is 311 g/mol. The first-order chi connectivity index (χ1) is 11.1. The van der Waals surface area contributed by atoms with Crippen LogP contribution in [0.15, 0.2) is 53.5 Å². The van der Waals surface area contributed by atoms with E-state index in [4.69, 9.17) is 10.5 Å². The van der Waals surface area contributed by atoms with Crippen LogP contribution in [-0.2, 0) is 13.0 Å². The second kappa shape index (κ2) is 8.22. The fourth-order valence-corrected chi connectivity index (χ4v) is 2.18. The van der Waals surface area contributed by atoms with Crippen molar-refractivity contribution in [1.29, 1.82) is 0 Å². The van der Waals surface area contributed by atoms with Crippen LogP contribution in [-0.4, -0.2) is 12.1 Å². The van der Waals surface area contributed by atoms with Gasteiger partial charge in [-0.25, -0.2) is 4.99 Å². The van der Waals surface area contributed by atoms with Crippen LogP contribution in [0.2, 0.25) is 0 Å². The van der Waals surface area contributed by atoms with Gasteiger partial charge in [0, 0.05) is 5.69 Å². The van der Waals surface area contributed by atoms with Gasteiger partial charge in [0.05, 0.1) is 12.6 Å². The summed E-state index contributed by atoms with van der Waals surface area (Å²) in [7, 11) is 0. The van der Waals surface area contributed by atoms with Crippen LogP contribution in [0.1, 0.15) is 31.9 Å². The Kier molecular flexibility index (Phi) is 6.03. The number of rotatable bonds is 6. The molecule has 0 unspecified atom stereocenters. The minimum atomic E-state index is 0.178. The van der Waals surface area contributed by atoms with Crippen molar-refractivity contribution in [2.45, 2.75) is 39.8 Å². The van der Waals surface area contributed by atoms with Crippen molar-refractivity contribution in [2.24, 2.45) is 10.7 Å². The number of aliphatic imine (C=N–C) groups is 1. The molecule has 2 aromatic carbocycles. The second-order valence-corrected chi connectivity index (χ2v) is 5.69. The lowest BCUT2D eigenvalue weighted by Crippen LogP contribution is -2.22.